The molecule has 1 atom stereocenters. The van der Waals surface area contributed by atoms with Crippen molar-refractivity contribution in [3.05, 3.63) is 11.8 Å². The van der Waals surface area contributed by atoms with Gasteiger partial charge in [0, 0.05) is 44.5 Å². The fourth-order valence-corrected chi connectivity index (χ4v) is 2.67. The van der Waals surface area contributed by atoms with Crippen molar-refractivity contribution >= 4 is 11.8 Å². The van der Waals surface area contributed by atoms with Crippen LogP contribution in [0.25, 0.3) is 0 Å². The first-order valence-corrected chi connectivity index (χ1v) is 6.88. The summed E-state index contributed by atoms with van der Waals surface area (Å²) in [6.45, 7) is 1.95. The second kappa shape index (κ2) is 5.12. The van der Waals surface area contributed by atoms with E-state index in [-0.39, 0.29) is 24.7 Å². The number of rotatable bonds is 2. The SMILES string of the molecule is Nc1nc(C2CCOC2)cc(N2CCC(F)(F)CC2)n1. The van der Waals surface area contributed by atoms with Crippen LogP contribution in [0.2, 0.25) is 0 Å². The van der Waals surface area contributed by atoms with Crippen molar-refractivity contribution in [2.75, 3.05) is 36.9 Å². The molecule has 0 aromatic carbocycles. The highest BCUT2D eigenvalue weighted by atomic mass is 19.3. The lowest BCUT2D eigenvalue weighted by molar-refractivity contribution is -0.0221. The van der Waals surface area contributed by atoms with Gasteiger partial charge in [-0.2, -0.15) is 4.98 Å². The number of halogens is 2. The van der Waals surface area contributed by atoms with Gasteiger partial charge in [0.15, 0.2) is 0 Å². The van der Waals surface area contributed by atoms with Crippen LogP contribution in [0, 0.1) is 0 Å². The number of hydrogen-bond donors (Lipinski definition) is 1. The van der Waals surface area contributed by atoms with Gasteiger partial charge in [-0.25, -0.2) is 13.8 Å². The molecule has 2 saturated heterocycles. The van der Waals surface area contributed by atoms with Crippen molar-refractivity contribution < 1.29 is 13.5 Å². The number of hydrogen-bond acceptors (Lipinski definition) is 5. The van der Waals surface area contributed by atoms with Crippen LogP contribution in [-0.2, 0) is 4.74 Å². The van der Waals surface area contributed by atoms with Crippen LogP contribution in [0.3, 0.4) is 0 Å². The molecule has 3 rings (SSSR count). The monoisotopic (exact) mass is 284 g/mol. The number of nitrogen functional groups attached to an aromatic ring is 1. The first-order chi connectivity index (χ1) is 9.53. The Balaban J connectivity index is 1.79. The molecule has 2 aliphatic heterocycles. The van der Waals surface area contributed by atoms with Gasteiger partial charge in [0.1, 0.15) is 5.82 Å². The minimum Gasteiger partial charge on any atom is -0.381 e. The summed E-state index contributed by atoms with van der Waals surface area (Å²) < 4.78 is 31.7. The van der Waals surface area contributed by atoms with Gasteiger partial charge in [-0.15, -0.1) is 0 Å². The maximum atomic E-state index is 13.2. The summed E-state index contributed by atoms with van der Waals surface area (Å²) >= 11 is 0. The first kappa shape index (κ1) is 13.5. The lowest BCUT2D eigenvalue weighted by Gasteiger charge is -2.32. The molecule has 1 unspecified atom stereocenters. The van der Waals surface area contributed by atoms with Crippen molar-refractivity contribution in [3.63, 3.8) is 0 Å². The molecule has 110 valence electrons. The summed E-state index contributed by atoms with van der Waals surface area (Å²) in [7, 11) is 0. The summed E-state index contributed by atoms with van der Waals surface area (Å²) in [5.41, 5.74) is 6.60. The van der Waals surface area contributed by atoms with Crippen LogP contribution in [0.1, 0.15) is 30.9 Å². The van der Waals surface area contributed by atoms with Gasteiger partial charge in [-0.05, 0) is 6.42 Å². The van der Waals surface area contributed by atoms with Gasteiger partial charge in [0.2, 0.25) is 5.95 Å². The molecule has 1 aromatic heterocycles. The van der Waals surface area contributed by atoms with E-state index in [9.17, 15) is 8.78 Å². The smallest absolute Gasteiger partial charge is 0.251 e. The number of piperidine rings is 1. The largest absolute Gasteiger partial charge is 0.381 e. The van der Waals surface area contributed by atoms with E-state index in [1.54, 1.807) is 0 Å². The molecule has 7 heteroatoms. The van der Waals surface area contributed by atoms with Crippen LogP contribution in [0.15, 0.2) is 6.07 Å². The Bertz CT molecular complexity index is 481. The predicted octanol–water partition coefficient (Wildman–Crippen LogP) is 1.80. The van der Waals surface area contributed by atoms with E-state index in [2.05, 4.69) is 9.97 Å². The Morgan fingerprint density at radius 3 is 2.70 bits per heavy atom. The summed E-state index contributed by atoms with van der Waals surface area (Å²) in [5, 5.41) is 0. The Morgan fingerprint density at radius 2 is 2.05 bits per heavy atom. The van der Waals surface area contributed by atoms with E-state index >= 15 is 0 Å². The summed E-state index contributed by atoms with van der Waals surface area (Å²) in [6.07, 6.45) is 0.630. The maximum Gasteiger partial charge on any atom is 0.251 e. The van der Waals surface area contributed by atoms with Crippen LogP contribution >= 0.6 is 0 Å². The molecule has 20 heavy (non-hydrogen) atoms. The Labute approximate surface area is 116 Å². The standard InChI is InChI=1S/C13H18F2N4O/c14-13(15)2-4-19(5-3-13)11-7-10(17-12(16)18-11)9-1-6-20-8-9/h7,9H,1-6,8H2,(H2,16,17,18). The van der Waals surface area contributed by atoms with E-state index in [0.29, 0.717) is 25.5 Å². The average Bonchev–Trinajstić information content (AvgIpc) is 2.91. The van der Waals surface area contributed by atoms with E-state index < -0.39 is 5.92 Å². The number of anilines is 2. The van der Waals surface area contributed by atoms with E-state index in [1.165, 1.54) is 0 Å². The Kier molecular flexibility index (Phi) is 3.45. The Morgan fingerprint density at radius 1 is 1.30 bits per heavy atom. The molecule has 0 saturated carbocycles. The molecule has 0 spiro atoms. The highest BCUT2D eigenvalue weighted by Gasteiger charge is 2.34. The number of alkyl halides is 2. The van der Waals surface area contributed by atoms with Crippen molar-refractivity contribution in [2.45, 2.75) is 31.1 Å². The summed E-state index contributed by atoms with van der Waals surface area (Å²) in [4.78, 5) is 10.3. The maximum absolute atomic E-state index is 13.2. The molecule has 5 nitrogen and oxygen atoms in total. The zero-order chi connectivity index (χ0) is 14.2. The molecule has 0 amide bonds. The highest BCUT2D eigenvalue weighted by molar-refractivity contribution is 5.45. The zero-order valence-corrected chi connectivity index (χ0v) is 11.2. The fraction of sp³-hybridized carbons (Fsp3) is 0.692. The van der Waals surface area contributed by atoms with Gasteiger partial charge in [0.05, 0.1) is 12.3 Å². The van der Waals surface area contributed by atoms with Gasteiger partial charge >= 0.3 is 0 Å². The molecule has 2 N–H and O–H groups in total. The molecule has 0 radical (unpaired) electrons. The summed E-state index contributed by atoms with van der Waals surface area (Å²) in [6, 6.07) is 1.86. The molecule has 2 fully saturated rings. The molecular weight excluding hydrogens is 266 g/mol. The third-order valence-electron chi connectivity index (χ3n) is 3.92. The van der Waals surface area contributed by atoms with Gasteiger partial charge < -0.3 is 15.4 Å². The first-order valence-electron chi connectivity index (χ1n) is 6.88. The molecule has 3 heterocycles. The molecular formula is C13H18F2N4O. The van der Waals surface area contributed by atoms with E-state index in [1.807, 2.05) is 11.0 Å². The van der Waals surface area contributed by atoms with Gasteiger partial charge in [-0.1, -0.05) is 0 Å². The second-order valence-corrected chi connectivity index (χ2v) is 5.41. The van der Waals surface area contributed by atoms with Crippen LogP contribution in [-0.4, -0.2) is 42.2 Å². The quantitative estimate of drug-likeness (QED) is 0.897. The minimum atomic E-state index is -2.56. The molecule has 2 aliphatic rings. The fourth-order valence-electron chi connectivity index (χ4n) is 2.67. The number of nitrogens with two attached hydrogens (primary N) is 1. The van der Waals surface area contributed by atoms with E-state index in [4.69, 9.17) is 10.5 Å². The van der Waals surface area contributed by atoms with Crippen LogP contribution in [0.5, 0.6) is 0 Å². The lowest BCUT2D eigenvalue weighted by atomic mass is 10.0. The minimum absolute atomic E-state index is 0.140. The molecule has 0 bridgehead atoms. The van der Waals surface area contributed by atoms with Gasteiger partial charge in [-0.3, -0.25) is 0 Å². The van der Waals surface area contributed by atoms with Crippen molar-refractivity contribution in [3.8, 4) is 0 Å². The third-order valence-corrected chi connectivity index (χ3v) is 3.92. The topological polar surface area (TPSA) is 64.3 Å². The summed E-state index contributed by atoms with van der Waals surface area (Å²) in [5.74, 6) is -1.49. The van der Waals surface area contributed by atoms with Crippen LogP contribution < -0.4 is 10.6 Å². The molecule has 1 aromatic rings. The van der Waals surface area contributed by atoms with Crippen molar-refractivity contribution in [2.24, 2.45) is 0 Å². The highest BCUT2D eigenvalue weighted by Crippen LogP contribution is 2.31. The average molecular weight is 284 g/mol. The van der Waals surface area contributed by atoms with Crippen LogP contribution in [0.4, 0.5) is 20.5 Å². The number of ether oxygens (including phenoxy) is 1. The zero-order valence-electron chi connectivity index (χ0n) is 11.2. The number of nitrogens with zero attached hydrogens (tertiary/aromatic N) is 3. The molecule has 0 aliphatic carbocycles. The lowest BCUT2D eigenvalue weighted by Crippen LogP contribution is -2.40. The number of aromatic nitrogens is 2. The normalized spacial score (nSPS) is 25.9. The van der Waals surface area contributed by atoms with E-state index in [0.717, 1.165) is 18.7 Å². The van der Waals surface area contributed by atoms with Crippen molar-refractivity contribution in [1.29, 1.82) is 0 Å². The third kappa shape index (κ3) is 2.82. The second-order valence-electron chi connectivity index (χ2n) is 5.41. The Hall–Kier alpha value is -1.50. The van der Waals surface area contributed by atoms with Gasteiger partial charge in [0.25, 0.3) is 5.92 Å². The predicted molar refractivity (Wildman–Crippen MR) is 71.0 cm³/mol. The van der Waals surface area contributed by atoms with Crippen molar-refractivity contribution in [1.82, 2.24) is 9.97 Å².